The first kappa shape index (κ1) is 22.7. The largest absolute Gasteiger partial charge is 0.336 e. The van der Waals surface area contributed by atoms with E-state index in [0.29, 0.717) is 11.3 Å². The van der Waals surface area contributed by atoms with Crippen molar-refractivity contribution >= 4 is 40.4 Å². The molecule has 0 spiro atoms. The number of non-ortho nitro benzene ring substituents is 1. The lowest BCUT2D eigenvalue weighted by atomic mass is 10.00. The van der Waals surface area contributed by atoms with E-state index in [0.717, 1.165) is 10.8 Å². The van der Waals surface area contributed by atoms with Crippen LogP contribution < -0.4 is 15.6 Å². The molecule has 3 aromatic carbocycles. The van der Waals surface area contributed by atoms with E-state index >= 15 is 0 Å². The highest BCUT2D eigenvalue weighted by atomic mass is 16.6. The number of nitrogens with zero attached hydrogens (tertiary/aromatic N) is 4. The Labute approximate surface area is 196 Å². The van der Waals surface area contributed by atoms with Crippen molar-refractivity contribution in [2.24, 2.45) is 5.10 Å². The zero-order chi connectivity index (χ0) is 24.5. The van der Waals surface area contributed by atoms with E-state index in [1.54, 1.807) is 16.8 Å². The molecule has 0 bridgehead atoms. The van der Waals surface area contributed by atoms with Crippen molar-refractivity contribution in [2.75, 3.05) is 11.9 Å². The zero-order valence-corrected chi connectivity index (χ0v) is 18.9. The number of carbonyl (C=O) groups is 2. The highest BCUT2D eigenvalue weighted by Crippen LogP contribution is 2.37. The number of rotatable bonds is 5. The molecule has 0 radical (unpaired) electrons. The van der Waals surface area contributed by atoms with Gasteiger partial charge in [-0.3, -0.25) is 15.0 Å². The van der Waals surface area contributed by atoms with Gasteiger partial charge in [0.1, 0.15) is 6.17 Å². The Morgan fingerprint density at radius 3 is 2.47 bits per heavy atom. The summed E-state index contributed by atoms with van der Waals surface area (Å²) in [6, 6.07) is 18.4. The molecule has 0 aliphatic carbocycles. The third-order valence-corrected chi connectivity index (χ3v) is 6.06. The van der Waals surface area contributed by atoms with Gasteiger partial charge in [-0.05, 0) is 43.0 Å². The van der Waals surface area contributed by atoms with Crippen molar-refractivity contribution in [2.45, 2.75) is 25.6 Å². The summed E-state index contributed by atoms with van der Waals surface area (Å²) in [7, 11) is 1.70. The zero-order valence-electron chi connectivity index (χ0n) is 18.9. The second kappa shape index (κ2) is 8.81. The molecule has 0 saturated carbocycles. The Kier molecular flexibility index (Phi) is 5.89. The first-order valence-corrected chi connectivity index (χ1v) is 10.6. The Bertz CT molecular complexity index is 1280. The topological polar surface area (TPSA) is 120 Å². The first-order valence-electron chi connectivity index (χ1n) is 10.6. The molecule has 1 aliphatic heterocycles. The second-order valence-electron chi connectivity index (χ2n) is 8.46. The predicted molar refractivity (Wildman–Crippen MR) is 130 cm³/mol. The van der Waals surface area contributed by atoms with Gasteiger partial charge in [0.05, 0.1) is 22.4 Å². The van der Waals surface area contributed by atoms with Crippen molar-refractivity contribution in [1.29, 1.82) is 0 Å². The number of hydrogen-bond donors (Lipinski definition) is 2. The van der Waals surface area contributed by atoms with Crippen LogP contribution in [-0.2, 0) is 0 Å². The Morgan fingerprint density at radius 2 is 1.76 bits per heavy atom. The van der Waals surface area contributed by atoms with Gasteiger partial charge in [-0.15, -0.1) is 0 Å². The molecule has 4 amide bonds. The Balaban J connectivity index is 1.55. The molecule has 174 valence electrons. The highest BCUT2D eigenvalue weighted by molar-refractivity contribution is 6.05. The van der Waals surface area contributed by atoms with Crippen LogP contribution in [0.2, 0.25) is 0 Å². The van der Waals surface area contributed by atoms with Crippen molar-refractivity contribution in [3.63, 3.8) is 0 Å². The fraction of sp³-hybridized carbons (Fsp3) is 0.208. The molecule has 1 heterocycles. The second-order valence-corrected chi connectivity index (χ2v) is 8.46. The third kappa shape index (κ3) is 4.13. The SMILES string of the molecule is CN1C(=O)N(c2cccc3ccccc23)C(NC(=O)NN=Cc2ccc([N+](=O)[O-])cc2)C1(C)C. The van der Waals surface area contributed by atoms with Crippen LogP contribution in [0.3, 0.4) is 0 Å². The van der Waals surface area contributed by atoms with Crippen molar-refractivity contribution < 1.29 is 14.5 Å². The molecule has 1 saturated heterocycles. The molecular formula is C24H24N6O4. The molecule has 1 aliphatic rings. The van der Waals surface area contributed by atoms with Crippen LogP contribution in [0, 0.1) is 10.1 Å². The molecule has 0 aromatic heterocycles. The minimum absolute atomic E-state index is 0.0337. The average molecular weight is 460 g/mol. The maximum atomic E-state index is 13.2. The summed E-state index contributed by atoms with van der Waals surface area (Å²) in [5.74, 6) is 0. The summed E-state index contributed by atoms with van der Waals surface area (Å²) in [5, 5.41) is 19.4. The molecule has 34 heavy (non-hydrogen) atoms. The summed E-state index contributed by atoms with van der Waals surface area (Å²) < 4.78 is 0. The maximum absolute atomic E-state index is 13.2. The standard InChI is InChI=1S/C24H24N6O4/c1-24(2)21(26-22(31)27-25-15-16-11-13-18(14-12-16)30(33)34)29(23(32)28(24)3)20-10-6-8-17-7-4-5-9-19(17)20/h4-15,21H,1-3H3,(H2,26,27,31). The van der Waals surface area contributed by atoms with E-state index in [4.69, 9.17) is 0 Å². The number of nitro groups is 1. The van der Waals surface area contributed by atoms with Gasteiger partial charge in [-0.2, -0.15) is 5.10 Å². The van der Waals surface area contributed by atoms with E-state index in [1.165, 1.54) is 30.5 Å². The summed E-state index contributed by atoms with van der Waals surface area (Å²) in [6.07, 6.45) is 0.702. The van der Waals surface area contributed by atoms with Gasteiger partial charge in [0, 0.05) is 24.6 Å². The third-order valence-electron chi connectivity index (χ3n) is 6.06. The number of urea groups is 2. The smallest absolute Gasteiger partial charge is 0.318 e. The Morgan fingerprint density at radius 1 is 1.09 bits per heavy atom. The number of nitrogens with one attached hydrogen (secondary N) is 2. The van der Waals surface area contributed by atoms with Crippen LogP contribution in [0.4, 0.5) is 21.0 Å². The summed E-state index contributed by atoms with van der Waals surface area (Å²) in [5.41, 5.74) is 2.93. The van der Waals surface area contributed by atoms with Gasteiger partial charge < -0.3 is 10.2 Å². The molecule has 3 aromatic rings. The number of anilines is 1. The lowest BCUT2D eigenvalue weighted by Crippen LogP contribution is -2.57. The molecule has 1 atom stereocenters. The van der Waals surface area contributed by atoms with Crippen LogP contribution in [-0.4, -0.2) is 46.9 Å². The van der Waals surface area contributed by atoms with Crippen molar-refractivity contribution in [3.8, 4) is 0 Å². The van der Waals surface area contributed by atoms with Crippen LogP contribution in [0.15, 0.2) is 71.8 Å². The molecule has 1 fully saturated rings. The van der Waals surface area contributed by atoms with E-state index in [-0.39, 0.29) is 11.7 Å². The summed E-state index contributed by atoms with van der Waals surface area (Å²) in [4.78, 5) is 39.4. The average Bonchev–Trinajstić information content (AvgIpc) is 2.98. The quantitative estimate of drug-likeness (QED) is 0.339. The number of fused-ring (bicyclic) bond motifs is 1. The van der Waals surface area contributed by atoms with Crippen molar-refractivity contribution in [1.82, 2.24) is 15.6 Å². The number of carbonyl (C=O) groups excluding carboxylic acids is 2. The highest BCUT2D eigenvalue weighted by Gasteiger charge is 2.51. The van der Waals surface area contributed by atoms with Gasteiger partial charge in [0.15, 0.2) is 0 Å². The van der Waals surface area contributed by atoms with Crippen molar-refractivity contribution in [3.05, 3.63) is 82.4 Å². The molecule has 4 rings (SSSR count). The predicted octanol–water partition coefficient (Wildman–Crippen LogP) is 4.06. The van der Waals surface area contributed by atoms with Gasteiger partial charge >= 0.3 is 12.1 Å². The minimum Gasteiger partial charge on any atom is -0.318 e. The molecule has 1 unspecified atom stereocenters. The minimum atomic E-state index is -0.715. The number of hydrazone groups is 1. The van der Waals surface area contributed by atoms with Gasteiger partial charge in [0.2, 0.25) is 0 Å². The molecule has 2 N–H and O–H groups in total. The van der Waals surface area contributed by atoms with Gasteiger partial charge in [-0.1, -0.05) is 36.4 Å². The fourth-order valence-corrected chi connectivity index (χ4v) is 3.92. The normalized spacial score (nSPS) is 17.4. The molecule has 10 nitrogen and oxygen atoms in total. The molecule has 10 heteroatoms. The van der Waals surface area contributed by atoms with E-state index in [1.807, 2.05) is 56.3 Å². The first-order chi connectivity index (χ1) is 16.2. The van der Waals surface area contributed by atoms with Gasteiger partial charge in [0.25, 0.3) is 5.69 Å². The fourth-order valence-electron chi connectivity index (χ4n) is 3.92. The van der Waals surface area contributed by atoms with E-state index < -0.39 is 22.7 Å². The number of nitro benzene ring substituents is 1. The van der Waals surface area contributed by atoms with E-state index in [2.05, 4.69) is 15.8 Å². The number of benzene rings is 3. The molecular weight excluding hydrogens is 436 g/mol. The number of hydrogen-bond acceptors (Lipinski definition) is 5. The number of likely N-dealkylation sites (N-methyl/N-ethyl adjacent to an activating group) is 1. The Hall–Kier alpha value is -4.47. The number of amides is 4. The van der Waals surface area contributed by atoms with Crippen LogP contribution >= 0.6 is 0 Å². The maximum Gasteiger partial charge on any atom is 0.336 e. The van der Waals surface area contributed by atoms with Crippen LogP contribution in [0.25, 0.3) is 10.8 Å². The lowest BCUT2D eigenvalue weighted by Gasteiger charge is -2.33. The van der Waals surface area contributed by atoms with Crippen LogP contribution in [0.1, 0.15) is 19.4 Å². The summed E-state index contributed by atoms with van der Waals surface area (Å²) >= 11 is 0. The monoisotopic (exact) mass is 460 g/mol. The lowest BCUT2D eigenvalue weighted by molar-refractivity contribution is -0.384. The van der Waals surface area contributed by atoms with Crippen LogP contribution in [0.5, 0.6) is 0 Å². The van der Waals surface area contributed by atoms with Gasteiger partial charge in [-0.25, -0.2) is 15.0 Å². The van der Waals surface area contributed by atoms with E-state index in [9.17, 15) is 19.7 Å². The summed E-state index contributed by atoms with van der Waals surface area (Å²) in [6.45, 7) is 3.75.